The molecule has 22 heavy (non-hydrogen) atoms. The summed E-state index contributed by atoms with van der Waals surface area (Å²) in [6.07, 6.45) is 4.59. The first kappa shape index (κ1) is 13.4. The van der Waals surface area contributed by atoms with Crippen LogP contribution in [-0.4, -0.2) is 0 Å². The third kappa shape index (κ3) is 2.18. The summed E-state index contributed by atoms with van der Waals surface area (Å²) in [5, 5.41) is 0. The van der Waals surface area contributed by atoms with E-state index >= 15 is 0 Å². The largest absolute Gasteiger partial charge is 0.105 e. The highest BCUT2D eigenvalue weighted by Gasteiger charge is 2.35. The molecule has 0 radical (unpaired) electrons. The summed E-state index contributed by atoms with van der Waals surface area (Å²) < 4.78 is -0.156. The maximum atomic E-state index is 2.34. The maximum absolute atomic E-state index is 2.34. The van der Waals surface area contributed by atoms with E-state index in [-0.39, 0.29) is 4.75 Å². The zero-order valence-electron chi connectivity index (χ0n) is 12.1. The fourth-order valence-corrected chi connectivity index (χ4v) is 4.37. The zero-order chi connectivity index (χ0) is 14.8. The molecule has 1 heterocycles. The molecular formula is C21H16S. The monoisotopic (exact) mass is 300 g/mol. The van der Waals surface area contributed by atoms with Crippen molar-refractivity contribution < 1.29 is 0 Å². The van der Waals surface area contributed by atoms with Gasteiger partial charge in [0.2, 0.25) is 0 Å². The standard InChI is InChI=1S/C21H16S/c1-3-10-18(11-4-1)21(19-12-5-2-6-13-19)16-15-17-9-7-8-14-20(17)22-21/h1-16H. The summed E-state index contributed by atoms with van der Waals surface area (Å²) in [7, 11) is 0. The van der Waals surface area contributed by atoms with Crippen LogP contribution >= 0.6 is 11.8 Å². The highest BCUT2D eigenvalue weighted by atomic mass is 32.2. The van der Waals surface area contributed by atoms with E-state index in [0.29, 0.717) is 0 Å². The summed E-state index contributed by atoms with van der Waals surface area (Å²) in [6, 6.07) is 30.1. The molecule has 0 bridgehead atoms. The predicted molar refractivity (Wildman–Crippen MR) is 95.0 cm³/mol. The van der Waals surface area contributed by atoms with E-state index in [1.807, 2.05) is 11.8 Å². The number of hydrogen-bond donors (Lipinski definition) is 0. The average molecular weight is 300 g/mol. The van der Waals surface area contributed by atoms with E-state index in [1.165, 1.54) is 21.6 Å². The van der Waals surface area contributed by atoms with Gasteiger partial charge in [0.05, 0.1) is 4.75 Å². The quantitative estimate of drug-likeness (QED) is 0.580. The second kappa shape index (κ2) is 5.51. The molecule has 0 N–H and O–H groups in total. The van der Waals surface area contributed by atoms with Gasteiger partial charge in [-0.3, -0.25) is 0 Å². The Morgan fingerprint density at radius 1 is 0.591 bits per heavy atom. The molecule has 0 aromatic heterocycles. The Morgan fingerprint density at radius 2 is 1.14 bits per heavy atom. The van der Waals surface area contributed by atoms with E-state index in [1.54, 1.807) is 0 Å². The lowest BCUT2D eigenvalue weighted by atomic mass is 9.89. The van der Waals surface area contributed by atoms with Gasteiger partial charge in [-0.15, -0.1) is 11.8 Å². The number of rotatable bonds is 2. The van der Waals surface area contributed by atoms with E-state index in [2.05, 4.69) is 97.1 Å². The van der Waals surface area contributed by atoms with Crippen molar-refractivity contribution >= 4 is 17.8 Å². The summed E-state index contributed by atoms with van der Waals surface area (Å²) in [5.41, 5.74) is 3.93. The Hall–Kier alpha value is -2.25. The molecule has 1 aliphatic rings. The van der Waals surface area contributed by atoms with Gasteiger partial charge in [-0.2, -0.15) is 0 Å². The molecule has 1 heteroatoms. The van der Waals surface area contributed by atoms with Crippen LogP contribution in [0, 0.1) is 0 Å². The van der Waals surface area contributed by atoms with E-state index in [9.17, 15) is 0 Å². The van der Waals surface area contributed by atoms with Crippen LogP contribution in [0.2, 0.25) is 0 Å². The Bertz CT molecular complexity index is 764. The molecule has 0 saturated carbocycles. The zero-order valence-corrected chi connectivity index (χ0v) is 13.0. The van der Waals surface area contributed by atoms with E-state index < -0.39 is 0 Å². The number of benzene rings is 3. The first-order valence-corrected chi connectivity index (χ1v) is 8.28. The molecule has 0 atom stereocenters. The van der Waals surface area contributed by atoms with Crippen LogP contribution in [0.5, 0.6) is 0 Å². The number of fused-ring (bicyclic) bond motifs is 1. The number of hydrogen-bond acceptors (Lipinski definition) is 1. The van der Waals surface area contributed by atoms with E-state index in [0.717, 1.165) is 0 Å². The number of thioether (sulfide) groups is 1. The van der Waals surface area contributed by atoms with Crippen molar-refractivity contribution in [1.29, 1.82) is 0 Å². The Kier molecular flexibility index (Phi) is 3.36. The molecule has 0 saturated heterocycles. The fraction of sp³-hybridized carbons (Fsp3) is 0.0476. The molecule has 0 nitrogen and oxygen atoms in total. The second-order valence-corrected chi connectivity index (χ2v) is 6.73. The molecule has 3 aromatic rings. The third-order valence-electron chi connectivity index (χ3n) is 4.09. The molecule has 0 unspecified atom stereocenters. The summed E-state index contributed by atoms with van der Waals surface area (Å²) in [6.45, 7) is 0. The molecule has 0 amide bonds. The van der Waals surface area contributed by atoms with Crippen molar-refractivity contribution in [3.05, 3.63) is 108 Å². The van der Waals surface area contributed by atoms with Crippen LogP contribution in [0.4, 0.5) is 0 Å². The van der Waals surface area contributed by atoms with Crippen LogP contribution in [0.3, 0.4) is 0 Å². The predicted octanol–water partition coefficient (Wildman–Crippen LogP) is 5.75. The van der Waals surface area contributed by atoms with Crippen molar-refractivity contribution in [2.75, 3.05) is 0 Å². The Morgan fingerprint density at radius 3 is 1.77 bits per heavy atom. The summed E-state index contributed by atoms with van der Waals surface area (Å²) in [4.78, 5) is 1.33. The van der Waals surface area contributed by atoms with Gasteiger partial charge in [-0.05, 0) is 22.8 Å². The molecule has 106 valence electrons. The van der Waals surface area contributed by atoms with E-state index in [4.69, 9.17) is 0 Å². The molecule has 0 aliphatic carbocycles. The van der Waals surface area contributed by atoms with Crippen molar-refractivity contribution in [2.45, 2.75) is 9.64 Å². The lowest BCUT2D eigenvalue weighted by molar-refractivity contribution is 0.936. The molecule has 1 aliphatic heterocycles. The van der Waals surface area contributed by atoms with Gasteiger partial charge < -0.3 is 0 Å². The first-order chi connectivity index (χ1) is 10.9. The van der Waals surface area contributed by atoms with Gasteiger partial charge in [0, 0.05) is 4.90 Å². The van der Waals surface area contributed by atoms with Crippen LogP contribution in [0.1, 0.15) is 16.7 Å². The first-order valence-electron chi connectivity index (χ1n) is 7.47. The van der Waals surface area contributed by atoms with Crippen LogP contribution in [-0.2, 0) is 4.75 Å². The van der Waals surface area contributed by atoms with Crippen LogP contribution in [0.15, 0.2) is 95.9 Å². The minimum Gasteiger partial charge on any atom is -0.105 e. The van der Waals surface area contributed by atoms with Gasteiger partial charge >= 0.3 is 0 Å². The summed E-state index contributed by atoms with van der Waals surface area (Å²) >= 11 is 1.92. The molecule has 0 spiro atoms. The topological polar surface area (TPSA) is 0 Å². The van der Waals surface area contributed by atoms with Crippen molar-refractivity contribution in [3.8, 4) is 0 Å². The Labute approximate surface area is 135 Å². The SMILES string of the molecule is C1=CC(c2ccccc2)(c2ccccc2)Sc2ccccc21. The minimum atomic E-state index is -0.156. The molecule has 3 aromatic carbocycles. The molecule has 0 fully saturated rings. The average Bonchev–Trinajstić information content (AvgIpc) is 2.63. The van der Waals surface area contributed by atoms with Gasteiger partial charge in [-0.1, -0.05) is 91.0 Å². The van der Waals surface area contributed by atoms with Crippen molar-refractivity contribution in [2.24, 2.45) is 0 Å². The van der Waals surface area contributed by atoms with Crippen molar-refractivity contribution in [3.63, 3.8) is 0 Å². The minimum absolute atomic E-state index is 0.156. The highest BCUT2D eigenvalue weighted by molar-refractivity contribution is 8.00. The second-order valence-electron chi connectivity index (χ2n) is 5.44. The highest BCUT2D eigenvalue weighted by Crippen LogP contribution is 2.51. The van der Waals surface area contributed by atoms with Gasteiger partial charge in [0.25, 0.3) is 0 Å². The van der Waals surface area contributed by atoms with Crippen LogP contribution in [0.25, 0.3) is 6.08 Å². The van der Waals surface area contributed by atoms with Gasteiger partial charge in [0.15, 0.2) is 0 Å². The van der Waals surface area contributed by atoms with Gasteiger partial charge in [0.1, 0.15) is 0 Å². The maximum Gasteiger partial charge on any atom is 0.0888 e. The Balaban J connectivity index is 1.93. The molecular weight excluding hydrogens is 284 g/mol. The van der Waals surface area contributed by atoms with Crippen molar-refractivity contribution in [1.82, 2.24) is 0 Å². The smallest absolute Gasteiger partial charge is 0.0888 e. The summed E-state index contributed by atoms with van der Waals surface area (Å²) in [5.74, 6) is 0. The normalized spacial score (nSPS) is 15.3. The lowest BCUT2D eigenvalue weighted by Gasteiger charge is -2.34. The molecule has 4 rings (SSSR count). The van der Waals surface area contributed by atoms with Gasteiger partial charge in [-0.25, -0.2) is 0 Å². The third-order valence-corrected chi connectivity index (χ3v) is 5.61. The fourth-order valence-electron chi connectivity index (χ4n) is 2.97. The van der Waals surface area contributed by atoms with Crippen LogP contribution < -0.4 is 0 Å². The lowest BCUT2D eigenvalue weighted by Crippen LogP contribution is -2.22.